The summed E-state index contributed by atoms with van der Waals surface area (Å²) in [6.07, 6.45) is 1.52. The molecule has 0 amide bonds. The highest BCUT2D eigenvalue weighted by molar-refractivity contribution is 8.00. The van der Waals surface area contributed by atoms with Gasteiger partial charge in [0.15, 0.2) is 5.78 Å². The van der Waals surface area contributed by atoms with E-state index in [1.165, 1.54) is 18.1 Å². The number of ketones is 1. The molecule has 0 aliphatic rings. The van der Waals surface area contributed by atoms with Crippen molar-refractivity contribution in [3.63, 3.8) is 0 Å². The second-order valence-electron chi connectivity index (χ2n) is 4.42. The molecule has 0 spiro atoms. The third kappa shape index (κ3) is 3.23. The molecule has 0 fully saturated rings. The van der Waals surface area contributed by atoms with Crippen molar-refractivity contribution in [2.45, 2.75) is 5.03 Å². The Kier molecular flexibility index (Phi) is 4.18. The molecule has 0 atom stereocenters. The number of para-hydroxylation sites is 1. The second-order valence-corrected chi connectivity index (χ2v) is 5.82. The monoisotopic (exact) mass is 314 g/mol. The molecule has 0 saturated carbocycles. The van der Waals surface area contributed by atoms with Crippen molar-refractivity contribution in [2.24, 2.45) is 0 Å². The summed E-state index contributed by atoms with van der Waals surface area (Å²) in [6.45, 7) is 0. The summed E-state index contributed by atoms with van der Waals surface area (Å²) in [5.41, 5.74) is 1.50. The molecule has 0 radical (unpaired) electrons. The topological polar surface area (TPSA) is 42.9 Å². The summed E-state index contributed by atoms with van der Waals surface area (Å²) in [5.74, 6) is 0.353. The minimum absolute atomic E-state index is 0.0326. The third-order valence-electron chi connectivity index (χ3n) is 2.99. The summed E-state index contributed by atoms with van der Waals surface area (Å²) in [7, 11) is 0. The van der Waals surface area contributed by atoms with Gasteiger partial charge in [0.1, 0.15) is 11.4 Å². The Morgan fingerprint density at radius 3 is 2.81 bits per heavy atom. The largest absolute Gasteiger partial charge is 0.293 e. The minimum Gasteiger partial charge on any atom is -0.293 e. The van der Waals surface area contributed by atoms with E-state index in [1.54, 1.807) is 24.3 Å². The molecular weight excluding hydrogens is 304 g/mol. The fraction of sp³-hybridized carbons (Fsp3) is 0.0625. The van der Waals surface area contributed by atoms with E-state index in [0.29, 0.717) is 16.3 Å². The highest BCUT2D eigenvalue weighted by atomic mass is 35.5. The summed E-state index contributed by atoms with van der Waals surface area (Å²) in [4.78, 5) is 20.7. The molecule has 1 heterocycles. The lowest BCUT2D eigenvalue weighted by Crippen LogP contribution is -2.02. The zero-order valence-electron chi connectivity index (χ0n) is 11.0. The van der Waals surface area contributed by atoms with Gasteiger partial charge in [0, 0.05) is 16.0 Å². The maximum atomic E-state index is 12.2. The normalized spacial score (nSPS) is 10.7. The molecule has 0 aliphatic heterocycles. The number of fused-ring (bicyclic) bond motifs is 1. The van der Waals surface area contributed by atoms with E-state index in [-0.39, 0.29) is 5.78 Å². The van der Waals surface area contributed by atoms with Gasteiger partial charge in [-0.25, -0.2) is 9.97 Å². The molecule has 2 aromatic carbocycles. The molecular formula is C16H11ClN2OS. The van der Waals surface area contributed by atoms with Crippen molar-refractivity contribution in [1.82, 2.24) is 9.97 Å². The molecule has 0 saturated heterocycles. The standard InChI is InChI=1S/C16H11ClN2OS/c17-12-5-3-4-11(8-12)15(20)9-21-16-13-6-1-2-7-14(13)18-10-19-16/h1-8,10H,9H2. The van der Waals surface area contributed by atoms with E-state index in [0.717, 1.165) is 15.9 Å². The number of benzene rings is 2. The van der Waals surface area contributed by atoms with Crippen LogP contribution in [0.1, 0.15) is 10.4 Å². The van der Waals surface area contributed by atoms with Crippen molar-refractivity contribution in [3.8, 4) is 0 Å². The van der Waals surface area contributed by atoms with Gasteiger partial charge in [0.2, 0.25) is 0 Å². The summed E-state index contributed by atoms with van der Waals surface area (Å²) in [5, 5.41) is 2.35. The van der Waals surface area contributed by atoms with Crippen LogP contribution in [-0.2, 0) is 0 Å². The van der Waals surface area contributed by atoms with Gasteiger partial charge in [-0.15, -0.1) is 0 Å². The van der Waals surface area contributed by atoms with Gasteiger partial charge < -0.3 is 0 Å². The fourth-order valence-electron chi connectivity index (χ4n) is 1.97. The predicted molar refractivity (Wildman–Crippen MR) is 86.0 cm³/mol. The number of hydrogen-bond donors (Lipinski definition) is 0. The van der Waals surface area contributed by atoms with Crippen LogP contribution in [0.2, 0.25) is 5.02 Å². The van der Waals surface area contributed by atoms with Crippen molar-refractivity contribution in [1.29, 1.82) is 0 Å². The number of rotatable bonds is 4. The first-order valence-electron chi connectivity index (χ1n) is 6.35. The molecule has 3 aromatic rings. The number of thioether (sulfide) groups is 1. The zero-order chi connectivity index (χ0) is 14.7. The Morgan fingerprint density at radius 2 is 1.95 bits per heavy atom. The van der Waals surface area contributed by atoms with Crippen LogP contribution in [-0.4, -0.2) is 21.5 Å². The van der Waals surface area contributed by atoms with Gasteiger partial charge in [0.25, 0.3) is 0 Å². The summed E-state index contributed by atoms with van der Waals surface area (Å²) < 4.78 is 0. The minimum atomic E-state index is 0.0326. The van der Waals surface area contributed by atoms with E-state index in [9.17, 15) is 4.79 Å². The molecule has 0 unspecified atom stereocenters. The molecule has 0 N–H and O–H groups in total. The number of aromatic nitrogens is 2. The quantitative estimate of drug-likeness (QED) is 0.410. The molecule has 0 bridgehead atoms. The van der Waals surface area contributed by atoms with Crippen molar-refractivity contribution < 1.29 is 4.79 Å². The van der Waals surface area contributed by atoms with E-state index in [1.807, 2.05) is 24.3 Å². The van der Waals surface area contributed by atoms with Crippen LogP contribution < -0.4 is 0 Å². The Hall–Kier alpha value is -1.91. The van der Waals surface area contributed by atoms with E-state index in [2.05, 4.69) is 9.97 Å². The van der Waals surface area contributed by atoms with Gasteiger partial charge >= 0.3 is 0 Å². The smallest absolute Gasteiger partial charge is 0.173 e. The maximum Gasteiger partial charge on any atom is 0.173 e. The SMILES string of the molecule is O=C(CSc1ncnc2ccccc12)c1cccc(Cl)c1. The lowest BCUT2D eigenvalue weighted by atomic mass is 10.1. The Bertz CT molecular complexity index is 802. The van der Waals surface area contributed by atoms with Gasteiger partial charge in [0.05, 0.1) is 11.3 Å². The predicted octanol–water partition coefficient (Wildman–Crippen LogP) is 4.26. The van der Waals surface area contributed by atoms with Crippen molar-refractivity contribution in [3.05, 3.63) is 65.4 Å². The van der Waals surface area contributed by atoms with Crippen LogP contribution in [0.5, 0.6) is 0 Å². The summed E-state index contributed by atoms with van der Waals surface area (Å²) in [6, 6.07) is 14.7. The molecule has 5 heteroatoms. The van der Waals surface area contributed by atoms with E-state index < -0.39 is 0 Å². The van der Waals surface area contributed by atoms with Crippen LogP contribution in [0, 0.1) is 0 Å². The Labute approximate surface area is 131 Å². The number of halogens is 1. The molecule has 3 rings (SSSR count). The van der Waals surface area contributed by atoms with Crippen LogP contribution in [0.15, 0.2) is 59.9 Å². The lowest BCUT2D eigenvalue weighted by molar-refractivity contribution is 0.102. The van der Waals surface area contributed by atoms with Crippen LogP contribution >= 0.6 is 23.4 Å². The number of Topliss-reactive ketones (excluding diaryl/α,β-unsaturated/α-hetero) is 1. The molecule has 0 aliphatic carbocycles. The van der Waals surface area contributed by atoms with Crippen LogP contribution in [0.4, 0.5) is 0 Å². The van der Waals surface area contributed by atoms with E-state index >= 15 is 0 Å². The van der Waals surface area contributed by atoms with Crippen LogP contribution in [0.25, 0.3) is 10.9 Å². The van der Waals surface area contributed by atoms with Gasteiger partial charge in [-0.2, -0.15) is 0 Å². The first kappa shape index (κ1) is 14.0. The first-order chi connectivity index (χ1) is 10.2. The van der Waals surface area contributed by atoms with Gasteiger partial charge in [-0.1, -0.05) is 53.7 Å². The van der Waals surface area contributed by atoms with Gasteiger partial charge in [-0.05, 0) is 18.2 Å². The van der Waals surface area contributed by atoms with Crippen molar-refractivity contribution in [2.75, 3.05) is 5.75 Å². The fourth-order valence-corrected chi connectivity index (χ4v) is 3.05. The molecule has 3 nitrogen and oxygen atoms in total. The third-order valence-corrected chi connectivity index (χ3v) is 4.23. The zero-order valence-corrected chi connectivity index (χ0v) is 12.6. The number of carbonyl (C=O) groups is 1. The highest BCUT2D eigenvalue weighted by Gasteiger charge is 2.10. The number of hydrogen-bond acceptors (Lipinski definition) is 4. The summed E-state index contributed by atoms with van der Waals surface area (Å²) >= 11 is 7.32. The molecule has 104 valence electrons. The lowest BCUT2D eigenvalue weighted by Gasteiger charge is -2.04. The number of nitrogens with zero attached hydrogens (tertiary/aromatic N) is 2. The highest BCUT2D eigenvalue weighted by Crippen LogP contribution is 2.25. The molecule has 21 heavy (non-hydrogen) atoms. The molecule has 1 aromatic heterocycles. The van der Waals surface area contributed by atoms with E-state index in [4.69, 9.17) is 11.6 Å². The second kappa shape index (κ2) is 6.24. The van der Waals surface area contributed by atoms with Crippen molar-refractivity contribution >= 4 is 40.0 Å². The number of carbonyl (C=O) groups excluding carboxylic acids is 1. The Morgan fingerprint density at radius 1 is 1.10 bits per heavy atom. The Balaban J connectivity index is 1.79. The average Bonchev–Trinajstić information content (AvgIpc) is 2.52. The first-order valence-corrected chi connectivity index (χ1v) is 7.72. The van der Waals surface area contributed by atoms with Gasteiger partial charge in [-0.3, -0.25) is 4.79 Å². The van der Waals surface area contributed by atoms with Crippen LogP contribution in [0.3, 0.4) is 0 Å². The average molecular weight is 315 g/mol. The maximum absolute atomic E-state index is 12.2.